The molecule has 17 heavy (non-hydrogen) atoms. The summed E-state index contributed by atoms with van der Waals surface area (Å²) in [5, 5.41) is 0. The van der Waals surface area contributed by atoms with E-state index >= 15 is 0 Å². The third-order valence-corrected chi connectivity index (χ3v) is 4.77. The van der Waals surface area contributed by atoms with E-state index in [-0.39, 0.29) is 0 Å². The van der Waals surface area contributed by atoms with Gasteiger partial charge in [-0.1, -0.05) is 97.3 Å². The lowest BCUT2D eigenvalue weighted by atomic mass is 9.79. The zero-order valence-electron chi connectivity index (χ0n) is 12.3. The maximum absolute atomic E-state index is 2.42. The van der Waals surface area contributed by atoms with Gasteiger partial charge >= 0.3 is 0 Å². The molecular formula is C17H34. The Labute approximate surface area is 110 Å². The lowest BCUT2D eigenvalue weighted by molar-refractivity contribution is 0.247. The van der Waals surface area contributed by atoms with Crippen molar-refractivity contribution in [2.75, 3.05) is 0 Å². The molecule has 0 aromatic carbocycles. The summed E-state index contributed by atoms with van der Waals surface area (Å²) in [6, 6.07) is 0. The van der Waals surface area contributed by atoms with E-state index in [1.54, 1.807) is 0 Å². The maximum Gasteiger partial charge on any atom is -0.0386 e. The Morgan fingerprint density at radius 3 is 1.82 bits per heavy atom. The molecule has 0 spiro atoms. The predicted molar refractivity (Wildman–Crippen MR) is 78.3 cm³/mol. The molecule has 102 valence electrons. The van der Waals surface area contributed by atoms with Crippen molar-refractivity contribution < 1.29 is 0 Å². The Morgan fingerprint density at radius 2 is 1.35 bits per heavy atom. The third kappa shape index (κ3) is 6.48. The highest BCUT2D eigenvalue weighted by Crippen LogP contribution is 2.32. The molecule has 1 atom stereocenters. The Morgan fingerprint density at radius 1 is 0.824 bits per heavy atom. The van der Waals surface area contributed by atoms with Crippen LogP contribution in [0.1, 0.15) is 97.3 Å². The quantitative estimate of drug-likeness (QED) is 0.524. The maximum atomic E-state index is 2.42. The van der Waals surface area contributed by atoms with Crippen molar-refractivity contribution >= 4 is 0 Å². The summed E-state index contributed by atoms with van der Waals surface area (Å²) in [4.78, 5) is 0. The van der Waals surface area contributed by atoms with Crippen LogP contribution in [0, 0.1) is 11.8 Å². The fourth-order valence-corrected chi connectivity index (χ4v) is 3.55. The number of unbranched alkanes of at least 4 members (excludes halogenated alkanes) is 1. The predicted octanol–water partition coefficient (Wildman–Crippen LogP) is 6.34. The monoisotopic (exact) mass is 238 g/mol. The van der Waals surface area contributed by atoms with Gasteiger partial charge in [-0.25, -0.2) is 0 Å². The molecule has 1 rings (SSSR count). The van der Waals surface area contributed by atoms with Gasteiger partial charge in [-0.05, 0) is 11.8 Å². The van der Waals surface area contributed by atoms with Crippen LogP contribution in [-0.4, -0.2) is 0 Å². The molecule has 0 N–H and O–H groups in total. The highest BCUT2D eigenvalue weighted by Gasteiger charge is 2.19. The Balaban J connectivity index is 2.37. The molecule has 1 aliphatic rings. The van der Waals surface area contributed by atoms with E-state index in [9.17, 15) is 0 Å². The van der Waals surface area contributed by atoms with Gasteiger partial charge in [0.1, 0.15) is 0 Å². The molecule has 0 nitrogen and oxygen atoms in total. The number of rotatable bonds is 5. The van der Waals surface area contributed by atoms with Crippen LogP contribution in [0.5, 0.6) is 0 Å². The Bertz CT molecular complexity index is 151. The average Bonchev–Trinajstić information content (AvgIpc) is 2.37. The summed E-state index contributed by atoms with van der Waals surface area (Å²) < 4.78 is 0. The highest BCUT2D eigenvalue weighted by molar-refractivity contribution is 4.71. The van der Waals surface area contributed by atoms with Crippen molar-refractivity contribution in [1.29, 1.82) is 0 Å². The van der Waals surface area contributed by atoms with Gasteiger partial charge in [-0.3, -0.25) is 0 Å². The van der Waals surface area contributed by atoms with Gasteiger partial charge in [0.15, 0.2) is 0 Å². The molecule has 0 saturated heterocycles. The van der Waals surface area contributed by atoms with Gasteiger partial charge in [-0.2, -0.15) is 0 Å². The zero-order chi connectivity index (χ0) is 12.3. The molecule has 1 saturated carbocycles. The fraction of sp³-hybridized carbons (Fsp3) is 1.00. The Kier molecular flexibility index (Phi) is 8.83. The second-order valence-electron chi connectivity index (χ2n) is 6.12. The van der Waals surface area contributed by atoms with Crippen LogP contribution < -0.4 is 0 Å². The van der Waals surface area contributed by atoms with Crippen LogP contribution >= 0.6 is 0 Å². The molecule has 0 aliphatic heterocycles. The summed E-state index contributed by atoms with van der Waals surface area (Å²) >= 11 is 0. The summed E-state index contributed by atoms with van der Waals surface area (Å²) in [6.45, 7) is 4.75. The molecular weight excluding hydrogens is 204 g/mol. The van der Waals surface area contributed by atoms with Crippen molar-refractivity contribution in [3.8, 4) is 0 Å². The van der Waals surface area contributed by atoms with Gasteiger partial charge in [0.25, 0.3) is 0 Å². The Hall–Kier alpha value is 0. The lowest BCUT2D eigenvalue weighted by Gasteiger charge is -2.27. The van der Waals surface area contributed by atoms with E-state index in [2.05, 4.69) is 13.8 Å². The van der Waals surface area contributed by atoms with Crippen molar-refractivity contribution in [2.24, 2.45) is 11.8 Å². The van der Waals surface area contributed by atoms with Crippen molar-refractivity contribution in [3.05, 3.63) is 0 Å². The largest absolute Gasteiger partial charge is 0.0654 e. The standard InChI is InChI=1S/C17H34/c1-3-5-13-16(4-2)17-14-11-9-7-6-8-10-12-15-17/h16-17H,3-15H2,1-2H3. The molecule has 0 heteroatoms. The summed E-state index contributed by atoms with van der Waals surface area (Å²) in [5.74, 6) is 2.10. The first-order chi connectivity index (χ1) is 8.38. The van der Waals surface area contributed by atoms with Gasteiger partial charge < -0.3 is 0 Å². The van der Waals surface area contributed by atoms with E-state index < -0.39 is 0 Å². The summed E-state index contributed by atoms with van der Waals surface area (Å²) in [7, 11) is 0. The third-order valence-electron chi connectivity index (χ3n) is 4.77. The second-order valence-corrected chi connectivity index (χ2v) is 6.12. The molecule has 0 amide bonds. The number of hydrogen-bond donors (Lipinski definition) is 0. The first-order valence-electron chi connectivity index (χ1n) is 8.38. The van der Waals surface area contributed by atoms with Crippen molar-refractivity contribution in [3.63, 3.8) is 0 Å². The van der Waals surface area contributed by atoms with Gasteiger partial charge in [0, 0.05) is 0 Å². The molecule has 0 aromatic rings. The molecule has 1 unspecified atom stereocenters. The SMILES string of the molecule is CCCCC(CC)C1CCCCCCCCC1. The van der Waals surface area contributed by atoms with E-state index in [1.165, 1.54) is 83.5 Å². The second kappa shape index (κ2) is 9.97. The van der Waals surface area contributed by atoms with E-state index in [0.29, 0.717) is 0 Å². The summed E-state index contributed by atoms with van der Waals surface area (Å²) in [5.41, 5.74) is 0. The molecule has 0 heterocycles. The minimum absolute atomic E-state index is 1.04. The van der Waals surface area contributed by atoms with Crippen LogP contribution in [0.2, 0.25) is 0 Å². The molecule has 0 aromatic heterocycles. The topological polar surface area (TPSA) is 0 Å². The van der Waals surface area contributed by atoms with Crippen LogP contribution in [0.4, 0.5) is 0 Å². The zero-order valence-corrected chi connectivity index (χ0v) is 12.3. The van der Waals surface area contributed by atoms with Crippen molar-refractivity contribution in [1.82, 2.24) is 0 Å². The van der Waals surface area contributed by atoms with Gasteiger partial charge in [0.05, 0.1) is 0 Å². The number of hydrogen-bond acceptors (Lipinski definition) is 0. The van der Waals surface area contributed by atoms with E-state index in [1.807, 2.05) is 0 Å². The van der Waals surface area contributed by atoms with Gasteiger partial charge in [-0.15, -0.1) is 0 Å². The van der Waals surface area contributed by atoms with Crippen LogP contribution in [-0.2, 0) is 0 Å². The van der Waals surface area contributed by atoms with Crippen LogP contribution in [0.15, 0.2) is 0 Å². The van der Waals surface area contributed by atoms with Gasteiger partial charge in [0.2, 0.25) is 0 Å². The van der Waals surface area contributed by atoms with Crippen LogP contribution in [0.25, 0.3) is 0 Å². The van der Waals surface area contributed by atoms with E-state index in [0.717, 1.165) is 11.8 Å². The smallest absolute Gasteiger partial charge is 0.0386 e. The molecule has 1 fully saturated rings. The molecule has 0 bridgehead atoms. The average molecular weight is 238 g/mol. The lowest BCUT2D eigenvalue weighted by Crippen LogP contribution is -2.15. The first-order valence-corrected chi connectivity index (χ1v) is 8.38. The first kappa shape index (κ1) is 15.1. The van der Waals surface area contributed by atoms with Crippen LogP contribution in [0.3, 0.4) is 0 Å². The fourth-order valence-electron chi connectivity index (χ4n) is 3.55. The minimum atomic E-state index is 1.04. The molecule has 0 radical (unpaired) electrons. The molecule has 1 aliphatic carbocycles. The normalized spacial score (nSPS) is 22.2. The summed E-state index contributed by atoms with van der Waals surface area (Å²) in [6.07, 6.45) is 19.3. The highest BCUT2D eigenvalue weighted by atomic mass is 14.2. The van der Waals surface area contributed by atoms with Crippen molar-refractivity contribution in [2.45, 2.75) is 97.3 Å². The van der Waals surface area contributed by atoms with E-state index in [4.69, 9.17) is 0 Å². The minimum Gasteiger partial charge on any atom is -0.0654 e.